The Morgan fingerprint density at radius 3 is 2.44 bits per heavy atom. The van der Waals surface area contributed by atoms with Crippen LogP contribution in [0.4, 0.5) is 4.39 Å². The molecule has 2 rings (SSSR count). The van der Waals surface area contributed by atoms with E-state index < -0.39 is 0 Å². The van der Waals surface area contributed by atoms with E-state index in [-0.39, 0.29) is 10.9 Å². The predicted molar refractivity (Wildman–Crippen MR) is 102 cm³/mol. The highest BCUT2D eigenvalue weighted by Crippen LogP contribution is 2.24. The number of carbonyl (C=O) groups excluding carboxylic acids is 1. The molecule has 130 valence electrons. The van der Waals surface area contributed by atoms with E-state index >= 15 is 0 Å². The number of thioether (sulfide) groups is 1. The van der Waals surface area contributed by atoms with E-state index in [4.69, 9.17) is 11.1 Å². The highest BCUT2D eigenvalue weighted by atomic mass is 32.2. The maximum absolute atomic E-state index is 14.1. The summed E-state index contributed by atoms with van der Waals surface area (Å²) in [5.74, 6) is -0.349. The van der Waals surface area contributed by atoms with Crippen LogP contribution in [0.1, 0.15) is 36.2 Å². The van der Waals surface area contributed by atoms with Crippen molar-refractivity contribution in [3.63, 3.8) is 0 Å². The topological polar surface area (TPSA) is 66.9 Å². The van der Waals surface area contributed by atoms with Crippen molar-refractivity contribution in [2.24, 2.45) is 5.73 Å². The molecule has 3 N–H and O–H groups in total. The maximum Gasteiger partial charge on any atom is 0.224 e. The second-order valence-electron chi connectivity index (χ2n) is 5.80. The fourth-order valence-corrected chi connectivity index (χ4v) is 3.24. The summed E-state index contributed by atoms with van der Waals surface area (Å²) in [6.45, 7) is 3.40. The standard InChI is InChI=1S/C20H21FN2OS/c1-13(22)18(14(2)23)10-8-15-12-16(9-11-19(15)21)20(24)25-17-6-4-3-5-7-17/h3-7,9,11-12,22H,8,10,23H2,1-2H3/b18-14-,22-13?. The van der Waals surface area contributed by atoms with Crippen molar-refractivity contribution in [3.8, 4) is 0 Å². The first-order chi connectivity index (χ1) is 11.9. The summed E-state index contributed by atoms with van der Waals surface area (Å²) in [4.78, 5) is 13.3. The Labute approximate surface area is 151 Å². The summed E-state index contributed by atoms with van der Waals surface area (Å²) >= 11 is 1.12. The number of nitrogens with one attached hydrogen (secondary N) is 1. The van der Waals surface area contributed by atoms with Crippen LogP contribution in [-0.2, 0) is 6.42 Å². The molecule has 0 aliphatic carbocycles. The maximum atomic E-state index is 14.1. The number of aryl methyl sites for hydroxylation is 1. The van der Waals surface area contributed by atoms with Crippen molar-refractivity contribution < 1.29 is 9.18 Å². The lowest BCUT2D eigenvalue weighted by Crippen LogP contribution is -2.07. The molecular weight excluding hydrogens is 335 g/mol. The van der Waals surface area contributed by atoms with E-state index in [1.54, 1.807) is 19.9 Å². The highest BCUT2D eigenvalue weighted by molar-refractivity contribution is 8.14. The number of allylic oxidation sites excluding steroid dienone is 2. The van der Waals surface area contributed by atoms with Crippen molar-refractivity contribution in [2.45, 2.75) is 31.6 Å². The summed E-state index contributed by atoms with van der Waals surface area (Å²) < 4.78 is 14.1. The number of carbonyl (C=O) groups is 1. The number of hydrogen-bond acceptors (Lipinski definition) is 4. The van der Waals surface area contributed by atoms with Gasteiger partial charge in [-0.05, 0) is 79.9 Å². The lowest BCUT2D eigenvalue weighted by Gasteiger charge is -2.10. The van der Waals surface area contributed by atoms with Gasteiger partial charge < -0.3 is 11.1 Å². The Morgan fingerprint density at radius 2 is 1.84 bits per heavy atom. The van der Waals surface area contributed by atoms with E-state index in [0.717, 1.165) is 22.2 Å². The Balaban J connectivity index is 2.16. The predicted octanol–water partition coefficient (Wildman–Crippen LogP) is 4.96. The van der Waals surface area contributed by atoms with Crippen molar-refractivity contribution in [2.75, 3.05) is 0 Å². The SMILES string of the molecule is CC(=N)/C(CCc1cc(C(=O)Sc2ccccc2)ccc1F)=C(/C)N. The first-order valence-electron chi connectivity index (χ1n) is 7.95. The molecule has 0 amide bonds. The van der Waals surface area contributed by atoms with Crippen LogP contribution < -0.4 is 5.73 Å². The van der Waals surface area contributed by atoms with Crippen LogP contribution in [0.3, 0.4) is 0 Å². The molecule has 0 saturated heterocycles. The second-order valence-corrected chi connectivity index (χ2v) is 6.84. The average Bonchev–Trinajstić information content (AvgIpc) is 2.56. The van der Waals surface area contributed by atoms with Crippen molar-refractivity contribution >= 4 is 22.6 Å². The van der Waals surface area contributed by atoms with Crippen LogP contribution in [0, 0.1) is 11.2 Å². The number of nitrogens with two attached hydrogens (primary N) is 1. The first-order valence-corrected chi connectivity index (χ1v) is 8.76. The van der Waals surface area contributed by atoms with Crippen molar-refractivity contribution in [1.29, 1.82) is 5.41 Å². The largest absolute Gasteiger partial charge is 0.402 e. The molecule has 2 aromatic rings. The van der Waals surface area contributed by atoms with Gasteiger partial charge >= 0.3 is 0 Å². The van der Waals surface area contributed by atoms with E-state index in [0.29, 0.717) is 35.4 Å². The molecular formula is C20H21FN2OS. The van der Waals surface area contributed by atoms with E-state index in [2.05, 4.69) is 0 Å². The van der Waals surface area contributed by atoms with Crippen LogP contribution >= 0.6 is 11.8 Å². The quantitative estimate of drug-likeness (QED) is 0.568. The van der Waals surface area contributed by atoms with Gasteiger partial charge in [0.05, 0.1) is 0 Å². The fourth-order valence-electron chi connectivity index (χ4n) is 2.49. The fraction of sp³-hybridized carbons (Fsp3) is 0.200. The summed E-state index contributed by atoms with van der Waals surface area (Å²) in [6, 6.07) is 13.8. The molecule has 0 saturated carbocycles. The molecule has 5 heteroatoms. The third-order valence-electron chi connectivity index (χ3n) is 3.81. The molecule has 0 bridgehead atoms. The van der Waals surface area contributed by atoms with Crippen LogP contribution in [0.15, 0.2) is 64.7 Å². The Kier molecular flexibility index (Phi) is 6.53. The van der Waals surface area contributed by atoms with Crippen molar-refractivity contribution in [1.82, 2.24) is 0 Å². The smallest absolute Gasteiger partial charge is 0.224 e. The molecule has 3 nitrogen and oxygen atoms in total. The molecule has 0 atom stereocenters. The minimum atomic E-state index is -0.349. The Hall–Kier alpha value is -2.40. The second kappa shape index (κ2) is 8.62. The first kappa shape index (κ1) is 18.9. The zero-order valence-corrected chi connectivity index (χ0v) is 15.1. The zero-order valence-electron chi connectivity index (χ0n) is 14.3. The lowest BCUT2D eigenvalue weighted by molar-refractivity contribution is 0.108. The monoisotopic (exact) mass is 356 g/mol. The van der Waals surface area contributed by atoms with Gasteiger partial charge in [0.2, 0.25) is 5.12 Å². The lowest BCUT2D eigenvalue weighted by atomic mass is 9.99. The zero-order chi connectivity index (χ0) is 18.4. The highest BCUT2D eigenvalue weighted by Gasteiger charge is 2.13. The van der Waals surface area contributed by atoms with Gasteiger partial charge in [0.1, 0.15) is 5.82 Å². The van der Waals surface area contributed by atoms with Gasteiger partial charge in [0.25, 0.3) is 0 Å². The van der Waals surface area contributed by atoms with Gasteiger partial charge in [-0.1, -0.05) is 18.2 Å². The normalized spacial score (nSPS) is 11.8. The average molecular weight is 356 g/mol. The van der Waals surface area contributed by atoms with Gasteiger partial charge in [-0.2, -0.15) is 0 Å². The Bertz CT molecular complexity index is 812. The molecule has 0 spiro atoms. The summed E-state index contributed by atoms with van der Waals surface area (Å²) in [6.07, 6.45) is 0.862. The third kappa shape index (κ3) is 5.29. The molecule has 0 heterocycles. The van der Waals surface area contributed by atoms with E-state index in [1.165, 1.54) is 12.1 Å². The molecule has 0 aromatic heterocycles. The molecule has 0 radical (unpaired) electrons. The molecule has 0 aliphatic heterocycles. The van der Waals surface area contributed by atoms with Gasteiger partial charge in [-0.3, -0.25) is 4.79 Å². The molecule has 25 heavy (non-hydrogen) atoms. The number of halogens is 1. The van der Waals surface area contributed by atoms with Crippen LogP contribution in [0.25, 0.3) is 0 Å². The molecule has 0 unspecified atom stereocenters. The third-order valence-corrected chi connectivity index (χ3v) is 4.74. The summed E-state index contributed by atoms with van der Waals surface area (Å²) in [5.41, 5.74) is 8.38. The number of rotatable bonds is 6. The van der Waals surface area contributed by atoms with Crippen LogP contribution in [-0.4, -0.2) is 10.8 Å². The minimum absolute atomic E-state index is 0.124. The van der Waals surface area contributed by atoms with E-state index in [1.807, 2.05) is 30.3 Å². The molecule has 0 aliphatic rings. The van der Waals surface area contributed by atoms with Gasteiger partial charge in [0, 0.05) is 21.9 Å². The summed E-state index contributed by atoms with van der Waals surface area (Å²) in [5, 5.41) is 7.62. The number of hydrogen-bond donors (Lipinski definition) is 2. The Morgan fingerprint density at radius 1 is 1.16 bits per heavy atom. The van der Waals surface area contributed by atoms with Gasteiger partial charge in [-0.15, -0.1) is 0 Å². The molecule has 2 aromatic carbocycles. The molecule has 0 fully saturated rings. The minimum Gasteiger partial charge on any atom is -0.402 e. The van der Waals surface area contributed by atoms with Crippen LogP contribution in [0.5, 0.6) is 0 Å². The number of benzene rings is 2. The summed E-state index contributed by atoms with van der Waals surface area (Å²) in [7, 11) is 0. The van der Waals surface area contributed by atoms with Crippen molar-refractivity contribution in [3.05, 3.63) is 76.7 Å². The van der Waals surface area contributed by atoms with Gasteiger partial charge in [-0.25, -0.2) is 4.39 Å². The van der Waals surface area contributed by atoms with Crippen LogP contribution in [0.2, 0.25) is 0 Å². The van der Waals surface area contributed by atoms with Gasteiger partial charge in [0.15, 0.2) is 0 Å². The van der Waals surface area contributed by atoms with E-state index in [9.17, 15) is 9.18 Å².